The van der Waals surface area contributed by atoms with Crippen molar-refractivity contribution in [1.29, 1.82) is 0 Å². The number of carbonyl (C=O) groups is 1. The summed E-state index contributed by atoms with van der Waals surface area (Å²) in [4.78, 5) is 11.4. The van der Waals surface area contributed by atoms with E-state index in [2.05, 4.69) is 11.2 Å². The summed E-state index contributed by atoms with van der Waals surface area (Å²) in [6.07, 6.45) is 11.9. The molecule has 3 nitrogen and oxygen atoms in total. The van der Waals surface area contributed by atoms with E-state index in [4.69, 9.17) is 11.2 Å². The van der Waals surface area contributed by atoms with Gasteiger partial charge in [0, 0.05) is 26.0 Å². The fraction of sp³-hybridized carbons (Fsp3) is 0.769. The Morgan fingerprint density at radius 1 is 1.50 bits per heavy atom. The lowest BCUT2D eigenvalue weighted by atomic mass is 10.0. The third-order valence-corrected chi connectivity index (χ3v) is 2.79. The van der Waals surface area contributed by atoms with E-state index in [1.165, 1.54) is 6.42 Å². The summed E-state index contributed by atoms with van der Waals surface area (Å²) in [5.74, 6) is 2.67. The summed E-state index contributed by atoms with van der Waals surface area (Å²) in [5, 5.41) is 2.87. The number of carbonyl (C=O) groups excluding carboxylic acids is 1. The monoisotopic (exact) mass is 223 g/mol. The molecule has 0 aromatic rings. The van der Waals surface area contributed by atoms with E-state index < -0.39 is 0 Å². The van der Waals surface area contributed by atoms with Gasteiger partial charge in [-0.25, -0.2) is 0 Å². The SMILES string of the molecule is C#CCCCNC(=O)CCC1CCCCO1. The Balaban J connectivity index is 1.99. The largest absolute Gasteiger partial charge is 0.378 e. The number of ether oxygens (including phenoxy) is 1. The molecule has 1 saturated heterocycles. The summed E-state index contributed by atoms with van der Waals surface area (Å²) in [7, 11) is 0. The van der Waals surface area contributed by atoms with Crippen molar-refractivity contribution < 1.29 is 9.53 Å². The van der Waals surface area contributed by atoms with Gasteiger partial charge in [-0.3, -0.25) is 4.79 Å². The third-order valence-electron chi connectivity index (χ3n) is 2.79. The topological polar surface area (TPSA) is 38.3 Å². The van der Waals surface area contributed by atoms with Crippen molar-refractivity contribution in [1.82, 2.24) is 5.32 Å². The van der Waals surface area contributed by atoms with Crippen molar-refractivity contribution in [2.24, 2.45) is 0 Å². The van der Waals surface area contributed by atoms with Crippen LogP contribution >= 0.6 is 0 Å². The van der Waals surface area contributed by atoms with Gasteiger partial charge in [-0.2, -0.15) is 0 Å². The molecule has 90 valence electrons. The van der Waals surface area contributed by atoms with Crippen LogP contribution in [0.5, 0.6) is 0 Å². The van der Waals surface area contributed by atoms with Crippen LogP contribution in [0.3, 0.4) is 0 Å². The Morgan fingerprint density at radius 3 is 3.06 bits per heavy atom. The average Bonchev–Trinajstić information content (AvgIpc) is 2.33. The fourth-order valence-electron chi connectivity index (χ4n) is 1.83. The number of nitrogens with one attached hydrogen (secondary N) is 1. The second-order valence-electron chi connectivity index (χ2n) is 4.18. The predicted molar refractivity (Wildman–Crippen MR) is 63.9 cm³/mol. The summed E-state index contributed by atoms with van der Waals surface area (Å²) in [6, 6.07) is 0. The highest BCUT2D eigenvalue weighted by atomic mass is 16.5. The number of terminal acetylenes is 1. The minimum atomic E-state index is 0.117. The van der Waals surface area contributed by atoms with Crippen molar-refractivity contribution in [3.8, 4) is 12.3 Å². The predicted octanol–water partition coefficient (Wildman–Crippen LogP) is 1.87. The summed E-state index contributed by atoms with van der Waals surface area (Å²) in [5.41, 5.74) is 0. The Labute approximate surface area is 97.9 Å². The molecule has 1 aliphatic heterocycles. The lowest BCUT2D eigenvalue weighted by Crippen LogP contribution is -2.27. The van der Waals surface area contributed by atoms with Crippen molar-refractivity contribution in [3.05, 3.63) is 0 Å². The second-order valence-corrected chi connectivity index (χ2v) is 4.18. The number of unbranched alkanes of at least 4 members (excludes halogenated alkanes) is 1. The van der Waals surface area contributed by atoms with Gasteiger partial charge >= 0.3 is 0 Å². The van der Waals surface area contributed by atoms with Gasteiger partial charge in [0.05, 0.1) is 6.10 Å². The molecule has 0 spiro atoms. The van der Waals surface area contributed by atoms with E-state index >= 15 is 0 Å². The first-order valence-electron chi connectivity index (χ1n) is 6.14. The van der Waals surface area contributed by atoms with Gasteiger partial charge in [0.1, 0.15) is 0 Å². The molecule has 3 heteroatoms. The van der Waals surface area contributed by atoms with E-state index in [0.29, 0.717) is 19.1 Å². The number of hydrogen-bond acceptors (Lipinski definition) is 2. The zero-order chi connectivity index (χ0) is 11.6. The maximum absolute atomic E-state index is 11.4. The molecule has 1 rings (SSSR count). The van der Waals surface area contributed by atoms with Gasteiger partial charge in [0.2, 0.25) is 5.91 Å². The quantitative estimate of drug-likeness (QED) is 0.551. The molecule has 1 N–H and O–H groups in total. The molecular formula is C13H21NO2. The van der Waals surface area contributed by atoms with E-state index in [9.17, 15) is 4.79 Å². The molecule has 0 radical (unpaired) electrons. The smallest absolute Gasteiger partial charge is 0.220 e. The van der Waals surface area contributed by atoms with Crippen molar-refractivity contribution >= 4 is 5.91 Å². The summed E-state index contributed by atoms with van der Waals surface area (Å²) < 4.78 is 5.56. The van der Waals surface area contributed by atoms with Crippen molar-refractivity contribution in [2.75, 3.05) is 13.2 Å². The highest BCUT2D eigenvalue weighted by Gasteiger charge is 2.14. The zero-order valence-electron chi connectivity index (χ0n) is 9.84. The third kappa shape index (κ3) is 5.77. The first-order chi connectivity index (χ1) is 7.83. The summed E-state index contributed by atoms with van der Waals surface area (Å²) >= 11 is 0. The van der Waals surface area contributed by atoms with Crippen LogP contribution < -0.4 is 5.32 Å². The first kappa shape index (κ1) is 13.1. The van der Waals surface area contributed by atoms with Crippen LogP contribution in [0.15, 0.2) is 0 Å². The minimum absolute atomic E-state index is 0.117. The van der Waals surface area contributed by atoms with Gasteiger partial charge in [0.25, 0.3) is 0 Å². The molecule has 1 aliphatic rings. The van der Waals surface area contributed by atoms with Crippen LogP contribution in [-0.2, 0) is 9.53 Å². The van der Waals surface area contributed by atoms with E-state index in [1.807, 2.05) is 0 Å². The van der Waals surface area contributed by atoms with Crippen molar-refractivity contribution in [3.63, 3.8) is 0 Å². The maximum Gasteiger partial charge on any atom is 0.220 e. The van der Waals surface area contributed by atoms with Crippen LogP contribution in [0.1, 0.15) is 44.9 Å². The molecule has 1 unspecified atom stereocenters. The molecule has 1 fully saturated rings. The minimum Gasteiger partial charge on any atom is -0.378 e. The van der Waals surface area contributed by atoms with Crippen LogP contribution in [-0.4, -0.2) is 25.2 Å². The molecule has 0 saturated carbocycles. The van der Waals surface area contributed by atoms with E-state index in [1.54, 1.807) is 0 Å². The van der Waals surface area contributed by atoms with Crippen molar-refractivity contribution in [2.45, 2.75) is 51.0 Å². The van der Waals surface area contributed by atoms with Gasteiger partial charge < -0.3 is 10.1 Å². The number of rotatable bonds is 6. The molecule has 0 aliphatic carbocycles. The van der Waals surface area contributed by atoms with Gasteiger partial charge in [-0.15, -0.1) is 12.3 Å². The maximum atomic E-state index is 11.4. The molecule has 0 bridgehead atoms. The van der Waals surface area contributed by atoms with Crippen LogP contribution in [0, 0.1) is 12.3 Å². The molecule has 1 atom stereocenters. The Morgan fingerprint density at radius 2 is 2.38 bits per heavy atom. The second kappa shape index (κ2) is 8.18. The standard InChI is InChI=1S/C13H21NO2/c1-2-3-5-10-14-13(15)9-8-12-7-4-6-11-16-12/h1,12H,3-11H2,(H,14,15). The van der Waals surface area contributed by atoms with E-state index in [0.717, 1.165) is 38.7 Å². The van der Waals surface area contributed by atoms with Gasteiger partial charge in [-0.05, 0) is 32.1 Å². The average molecular weight is 223 g/mol. The molecule has 1 amide bonds. The molecule has 0 aromatic carbocycles. The molecule has 0 aromatic heterocycles. The lowest BCUT2D eigenvalue weighted by molar-refractivity contribution is -0.122. The zero-order valence-corrected chi connectivity index (χ0v) is 9.84. The molecule has 16 heavy (non-hydrogen) atoms. The van der Waals surface area contributed by atoms with Gasteiger partial charge in [0.15, 0.2) is 0 Å². The van der Waals surface area contributed by atoms with Crippen LogP contribution in [0.2, 0.25) is 0 Å². The number of hydrogen-bond donors (Lipinski definition) is 1. The first-order valence-corrected chi connectivity index (χ1v) is 6.14. The highest BCUT2D eigenvalue weighted by molar-refractivity contribution is 5.75. The molecule has 1 heterocycles. The lowest BCUT2D eigenvalue weighted by Gasteiger charge is -2.22. The normalized spacial score (nSPS) is 20.1. The Hall–Kier alpha value is -1.01. The fourth-order valence-corrected chi connectivity index (χ4v) is 1.83. The summed E-state index contributed by atoms with van der Waals surface area (Å²) in [6.45, 7) is 1.54. The van der Waals surface area contributed by atoms with E-state index in [-0.39, 0.29) is 5.91 Å². The highest BCUT2D eigenvalue weighted by Crippen LogP contribution is 2.16. The Bertz CT molecular complexity index is 239. The van der Waals surface area contributed by atoms with Crippen LogP contribution in [0.4, 0.5) is 0 Å². The molecular weight excluding hydrogens is 202 g/mol. The van der Waals surface area contributed by atoms with Gasteiger partial charge in [-0.1, -0.05) is 0 Å². The Kier molecular flexibility index (Phi) is 6.67. The van der Waals surface area contributed by atoms with Crippen LogP contribution in [0.25, 0.3) is 0 Å². The number of amides is 1.